The maximum Gasteiger partial charge on any atom is 0.300 e. The molecule has 0 aromatic heterocycles. The Morgan fingerprint density at radius 3 is 2.47 bits per heavy atom. The second-order valence-corrected chi connectivity index (χ2v) is 8.72. The third-order valence-corrected chi connectivity index (χ3v) is 6.46. The van der Waals surface area contributed by atoms with E-state index in [1.165, 1.54) is 31.3 Å². The topological polar surface area (TPSA) is 94.5 Å². The number of carbonyl (C=O) groups is 2. The normalized spacial score (nSPS) is 18.0. The van der Waals surface area contributed by atoms with E-state index < -0.39 is 23.5 Å². The van der Waals surface area contributed by atoms with Crippen molar-refractivity contribution in [2.24, 2.45) is 0 Å². The third kappa shape index (κ3) is 3.79. The number of hydrogen-bond donors (Lipinski definition) is 1. The number of methoxy groups -OCH3 is 2. The van der Waals surface area contributed by atoms with Crippen LogP contribution < -0.4 is 23.8 Å². The molecular formula is C27H22ClNO7. The summed E-state index contributed by atoms with van der Waals surface area (Å²) in [5.74, 6) is -0.483. The van der Waals surface area contributed by atoms with Gasteiger partial charge in [0.05, 0.1) is 36.4 Å². The quantitative estimate of drug-likeness (QED) is 0.294. The lowest BCUT2D eigenvalue weighted by Gasteiger charge is -2.26. The van der Waals surface area contributed by atoms with Crippen LogP contribution in [0.1, 0.15) is 22.7 Å². The van der Waals surface area contributed by atoms with Crippen molar-refractivity contribution in [3.63, 3.8) is 0 Å². The van der Waals surface area contributed by atoms with Crippen molar-refractivity contribution in [1.82, 2.24) is 0 Å². The van der Waals surface area contributed by atoms with Gasteiger partial charge in [0.1, 0.15) is 17.3 Å². The van der Waals surface area contributed by atoms with Gasteiger partial charge in [-0.3, -0.25) is 14.5 Å². The predicted molar refractivity (Wildman–Crippen MR) is 133 cm³/mol. The van der Waals surface area contributed by atoms with E-state index in [1.807, 2.05) is 25.1 Å². The number of amides is 1. The van der Waals surface area contributed by atoms with Gasteiger partial charge in [0, 0.05) is 17.8 Å². The minimum Gasteiger partial charge on any atom is -0.507 e. The number of hydrogen-bond acceptors (Lipinski definition) is 7. The first-order valence-electron chi connectivity index (χ1n) is 11.0. The van der Waals surface area contributed by atoms with Crippen molar-refractivity contribution >= 4 is 34.7 Å². The average Bonchev–Trinajstić information content (AvgIpc) is 3.45. The van der Waals surface area contributed by atoms with Gasteiger partial charge in [-0.15, -0.1) is 0 Å². The van der Waals surface area contributed by atoms with Crippen LogP contribution in [-0.4, -0.2) is 37.8 Å². The largest absolute Gasteiger partial charge is 0.507 e. The van der Waals surface area contributed by atoms with E-state index in [9.17, 15) is 14.7 Å². The molecule has 1 unspecified atom stereocenters. The van der Waals surface area contributed by atoms with Gasteiger partial charge in [0.2, 0.25) is 6.79 Å². The van der Waals surface area contributed by atoms with Gasteiger partial charge >= 0.3 is 0 Å². The number of carbonyl (C=O) groups excluding carboxylic acids is 2. The summed E-state index contributed by atoms with van der Waals surface area (Å²) in [4.78, 5) is 28.2. The highest BCUT2D eigenvalue weighted by Crippen LogP contribution is 2.46. The van der Waals surface area contributed by atoms with E-state index >= 15 is 0 Å². The van der Waals surface area contributed by atoms with Crippen molar-refractivity contribution in [3.8, 4) is 23.0 Å². The van der Waals surface area contributed by atoms with Crippen LogP contribution in [0, 0.1) is 6.92 Å². The molecule has 1 fully saturated rings. The molecule has 0 saturated carbocycles. The molecule has 9 heteroatoms. The Morgan fingerprint density at radius 2 is 1.75 bits per heavy atom. The summed E-state index contributed by atoms with van der Waals surface area (Å²) in [6, 6.07) is 14.4. The molecule has 0 spiro atoms. The first-order valence-corrected chi connectivity index (χ1v) is 11.4. The molecule has 0 radical (unpaired) electrons. The minimum absolute atomic E-state index is 0.0664. The summed E-state index contributed by atoms with van der Waals surface area (Å²) in [5, 5.41) is 11.7. The molecule has 1 N–H and O–H groups in total. The summed E-state index contributed by atoms with van der Waals surface area (Å²) >= 11 is 6.32. The number of rotatable bonds is 5. The molecule has 1 amide bonds. The fraction of sp³-hybridized carbons (Fsp3) is 0.185. The van der Waals surface area contributed by atoms with Gasteiger partial charge in [-0.2, -0.15) is 0 Å². The number of benzene rings is 3. The predicted octanol–water partition coefficient (Wildman–Crippen LogP) is 5.02. The van der Waals surface area contributed by atoms with Gasteiger partial charge < -0.3 is 24.1 Å². The van der Waals surface area contributed by atoms with Crippen molar-refractivity contribution < 1.29 is 33.6 Å². The number of aryl methyl sites for hydroxylation is 1. The Balaban J connectivity index is 1.74. The van der Waals surface area contributed by atoms with Crippen molar-refractivity contribution in [1.29, 1.82) is 0 Å². The molecular weight excluding hydrogens is 486 g/mol. The highest BCUT2D eigenvalue weighted by molar-refractivity contribution is 6.51. The van der Waals surface area contributed by atoms with Crippen LogP contribution in [0.3, 0.4) is 0 Å². The number of ketones is 1. The van der Waals surface area contributed by atoms with Gasteiger partial charge in [-0.25, -0.2) is 0 Å². The van der Waals surface area contributed by atoms with Crippen LogP contribution in [0.4, 0.5) is 5.69 Å². The summed E-state index contributed by atoms with van der Waals surface area (Å²) in [5.41, 5.74) is 2.06. The zero-order valence-electron chi connectivity index (χ0n) is 19.7. The van der Waals surface area contributed by atoms with Crippen molar-refractivity contribution in [2.75, 3.05) is 25.9 Å². The van der Waals surface area contributed by atoms with Gasteiger partial charge in [-0.05, 0) is 30.7 Å². The average molecular weight is 508 g/mol. The molecule has 2 aliphatic heterocycles. The molecule has 0 aliphatic carbocycles. The highest BCUT2D eigenvalue weighted by atomic mass is 35.5. The van der Waals surface area contributed by atoms with Crippen LogP contribution in [0.5, 0.6) is 23.0 Å². The molecule has 8 nitrogen and oxygen atoms in total. The molecule has 3 aromatic carbocycles. The third-order valence-electron chi connectivity index (χ3n) is 6.17. The first-order chi connectivity index (χ1) is 17.3. The van der Waals surface area contributed by atoms with E-state index in [0.29, 0.717) is 28.5 Å². The van der Waals surface area contributed by atoms with Gasteiger partial charge in [-0.1, -0.05) is 41.4 Å². The number of halogens is 1. The fourth-order valence-corrected chi connectivity index (χ4v) is 4.72. The summed E-state index contributed by atoms with van der Waals surface area (Å²) in [6.45, 7) is 1.97. The number of nitrogens with zero attached hydrogens (tertiary/aromatic N) is 1. The Kier molecular flexibility index (Phi) is 5.97. The Hall–Kier alpha value is -4.17. The Morgan fingerprint density at radius 1 is 1.00 bits per heavy atom. The maximum absolute atomic E-state index is 13.5. The van der Waals surface area contributed by atoms with Crippen LogP contribution in [0.2, 0.25) is 5.02 Å². The molecule has 0 bridgehead atoms. The zero-order valence-corrected chi connectivity index (χ0v) is 20.5. The summed E-state index contributed by atoms with van der Waals surface area (Å²) in [7, 11) is 2.87. The van der Waals surface area contributed by atoms with E-state index in [-0.39, 0.29) is 28.7 Å². The maximum atomic E-state index is 13.5. The van der Waals surface area contributed by atoms with Crippen LogP contribution in [0.15, 0.2) is 60.2 Å². The molecule has 3 aromatic rings. The van der Waals surface area contributed by atoms with Crippen LogP contribution in [0.25, 0.3) is 5.76 Å². The monoisotopic (exact) mass is 507 g/mol. The molecule has 184 valence electrons. The molecule has 5 rings (SSSR count). The molecule has 2 aliphatic rings. The second kappa shape index (κ2) is 9.13. The van der Waals surface area contributed by atoms with E-state index in [0.717, 1.165) is 5.56 Å². The number of ether oxygens (including phenoxy) is 4. The Labute approximate surface area is 212 Å². The summed E-state index contributed by atoms with van der Waals surface area (Å²) in [6.07, 6.45) is 0. The molecule has 1 atom stereocenters. The molecule has 2 heterocycles. The van der Waals surface area contributed by atoms with E-state index in [1.54, 1.807) is 24.3 Å². The number of aliphatic hydroxyl groups is 1. The van der Waals surface area contributed by atoms with Gasteiger partial charge in [0.25, 0.3) is 11.7 Å². The second-order valence-electron chi connectivity index (χ2n) is 8.31. The highest BCUT2D eigenvalue weighted by Gasteiger charge is 2.47. The number of anilines is 1. The van der Waals surface area contributed by atoms with E-state index in [4.69, 9.17) is 30.5 Å². The number of aliphatic hydroxyl groups excluding tert-OH is 1. The van der Waals surface area contributed by atoms with Crippen molar-refractivity contribution in [3.05, 3.63) is 81.9 Å². The minimum atomic E-state index is -0.921. The Bertz CT molecular complexity index is 1430. The first kappa shape index (κ1) is 23.6. The number of Topliss-reactive ketones (excluding diaryl/α,β-unsaturated/α-hetero) is 1. The van der Waals surface area contributed by atoms with Crippen molar-refractivity contribution in [2.45, 2.75) is 13.0 Å². The lowest BCUT2D eigenvalue weighted by Crippen LogP contribution is -2.29. The van der Waals surface area contributed by atoms with Crippen LogP contribution in [-0.2, 0) is 9.59 Å². The zero-order chi connectivity index (χ0) is 25.6. The lowest BCUT2D eigenvalue weighted by atomic mass is 9.94. The molecule has 1 saturated heterocycles. The number of fused-ring (bicyclic) bond motifs is 1. The lowest BCUT2D eigenvalue weighted by molar-refractivity contribution is -0.132. The molecule has 36 heavy (non-hydrogen) atoms. The SMILES string of the molecule is COc1cc(OC)c(/C(O)=C2\C(=O)C(=O)N(c3ccc4c(c3)OCO4)C2c2cccc(C)c2)cc1Cl. The van der Waals surface area contributed by atoms with Crippen LogP contribution >= 0.6 is 11.6 Å². The summed E-state index contributed by atoms with van der Waals surface area (Å²) < 4.78 is 21.5. The van der Waals surface area contributed by atoms with Gasteiger partial charge in [0.15, 0.2) is 11.5 Å². The smallest absolute Gasteiger partial charge is 0.300 e. The fourth-order valence-electron chi connectivity index (χ4n) is 4.48. The standard InChI is InChI=1S/C27H22ClNO7/c1-14-5-4-6-15(9-14)24-23(25(30)17-11-18(28)21(34-3)12-20(17)33-2)26(31)27(32)29(24)16-7-8-19-22(10-16)36-13-35-19/h4-12,24,30H,13H2,1-3H3/b25-23+. The van der Waals surface area contributed by atoms with E-state index in [2.05, 4.69) is 0 Å².